The molecule has 4 rings (SSSR count). The van der Waals surface area contributed by atoms with Crippen LogP contribution < -0.4 is 10.9 Å². The van der Waals surface area contributed by atoms with Gasteiger partial charge in [-0.25, -0.2) is 13.5 Å². The Morgan fingerprint density at radius 3 is 2.36 bits per heavy atom. The Hall–Kier alpha value is -3.09. The van der Waals surface area contributed by atoms with Crippen LogP contribution in [0.2, 0.25) is 0 Å². The van der Waals surface area contributed by atoms with Crippen molar-refractivity contribution in [3.05, 3.63) is 75.7 Å². The van der Waals surface area contributed by atoms with Gasteiger partial charge in [0.05, 0.1) is 23.7 Å². The fraction of sp³-hybridized carbons (Fsp3) is 0.286. The van der Waals surface area contributed by atoms with Gasteiger partial charge in [-0.3, -0.25) is 9.59 Å². The minimum absolute atomic E-state index is 0.0376. The first-order chi connectivity index (χ1) is 13.6. The second-order valence-corrected chi connectivity index (χ2v) is 6.96. The molecule has 28 heavy (non-hydrogen) atoms. The van der Waals surface area contributed by atoms with Gasteiger partial charge in [0.25, 0.3) is 11.5 Å². The number of rotatable bonds is 4. The number of fused-ring (bicyclic) bond motifs is 1. The Bertz CT molecular complexity index is 1080. The first-order valence-electron chi connectivity index (χ1n) is 9.29. The van der Waals surface area contributed by atoms with Crippen LogP contribution in [0.4, 0.5) is 8.78 Å². The Balaban J connectivity index is 1.69. The SMILES string of the molecule is O=C(NCc1nn(C2CCCC2)c(=O)c2ccccc12)c1c(F)cccc1F. The van der Waals surface area contributed by atoms with Gasteiger partial charge in [-0.05, 0) is 31.0 Å². The first-order valence-corrected chi connectivity index (χ1v) is 9.29. The maximum atomic E-state index is 13.8. The highest BCUT2D eigenvalue weighted by Crippen LogP contribution is 2.28. The summed E-state index contributed by atoms with van der Waals surface area (Å²) in [4.78, 5) is 25.1. The zero-order valence-electron chi connectivity index (χ0n) is 15.1. The number of amides is 1. The van der Waals surface area contributed by atoms with Gasteiger partial charge >= 0.3 is 0 Å². The lowest BCUT2D eigenvalue weighted by Gasteiger charge is -2.16. The highest BCUT2D eigenvalue weighted by Gasteiger charge is 2.22. The summed E-state index contributed by atoms with van der Waals surface area (Å²) < 4.78 is 29.2. The predicted octanol–water partition coefficient (Wildman–Crippen LogP) is 3.72. The summed E-state index contributed by atoms with van der Waals surface area (Å²) in [5.74, 6) is -2.71. The summed E-state index contributed by atoms with van der Waals surface area (Å²) in [5, 5.41) is 8.16. The van der Waals surface area contributed by atoms with Gasteiger partial charge in [0.15, 0.2) is 0 Å². The second-order valence-electron chi connectivity index (χ2n) is 6.96. The van der Waals surface area contributed by atoms with Crippen LogP contribution in [0, 0.1) is 11.6 Å². The summed E-state index contributed by atoms with van der Waals surface area (Å²) in [5.41, 5.74) is -0.291. The molecule has 1 amide bonds. The lowest BCUT2D eigenvalue weighted by Crippen LogP contribution is -2.31. The quantitative estimate of drug-likeness (QED) is 0.747. The molecule has 1 aliphatic carbocycles. The molecule has 144 valence electrons. The number of hydrogen-bond donors (Lipinski definition) is 1. The predicted molar refractivity (Wildman–Crippen MR) is 101 cm³/mol. The monoisotopic (exact) mass is 383 g/mol. The van der Waals surface area contributed by atoms with E-state index in [0.717, 1.165) is 37.8 Å². The lowest BCUT2D eigenvalue weighted by atomic mass is 10.1. The Kier molecular flexibility index (Phi) is 4.90. The number of benzene rings is 2. The van der Waals surface area contributed by atoms with Crippen molar-refractivity contribution in [2.45, 2.75) is 38.3 Å². The van der Waals surface area contributed by atoms with E-state index in [9.17, 15) is 18.4 Å². The largest absolute Gasteiger partial charge is 0.346 e. The van der Waals surface area contributed by atoms with Gasteiger partial charge in [-0.1, -0.05) is 37.1 Å². The molecule has 1 aliphatic rings. The van der Waals surface area contributed by atoms with Crippen LogP contribution in [0.1, 0.15) is 47.8 Å². The average molecular weight is 383 g/mol. The van der Waals surface area contributed by atoms with E-state index < -0.39 is 23.1 Å². The van der Waals surface area contributed by atoms with Crippen molar-refractivity contribution in [3.63, 3.8) is 0 Å². The molecule has 3 aromatic rings. The second kappa shape index (κ2) is 7.50. The third-order valence-corrected chi connectivity index (χ3v) is 5.18. The van der Waals surface area contributed by atoms with Gasteiger partial charge in [-0.2, -0.15) is 5.10 Å². The standard InChI is InChI=1S/C21H19F2N3O2/c22-16-10-5-11-17(23)19(16)20(27)24-12-18-14-8-3-4-9-15(14)21(28)26(25-18)13-6-1-2-7-13/h3-5,8-11,13H,1-2,6-7,12H2,(H,24,27). The average Bonchev–Trinajstić information content (AvgIpc) is 3.22. The molecule has 0 unspecified atom stereocenters. The topological polar surface area (TPSA) is 64.0 Å². The number of halogens is 2. The molecule has 0 radical (unpaired) electrons. The van der Waals surface area contributed by atoms with Gasteiger partial charge in [0, 0.05) is 5.39 Å². The van der Waals surface area contributed by atoms with Crippen molar-refractivity contribution < 1.29 is 13.6 Å². The number of nitrogens with zero attached hydrogens (tertiary/aromatic N) is 2. The molecule has 1 aromatic heterocycles. The normalized spacial score (nSPS) is 14.5. The summed E-state index contributed by atoms with van der Waals surface area (Å²) in [6.45, 7) is -0.0415. The van der Waals surface area contributed by atoms with E-state index in [2.05, 4.69) is 10.4 Å². The summed E-state index contributed by atoms with van der Waals surface area (Å²) in [7, 11) is 0. The third kappa shape index (κ3) is 3.28. The molecule has 0 spiro atoms. The van der Waals surface area contributed by atoms with Crippen molar-refractivity contribution in [3.8, 4) is 0 Å². The Labute approximate surface area is 160 Å². The number of hydrogen-bond acceptors (Lipinski definition) is 3. The summed E-state index contributed by atoms with van der Waals surface area (Å²) >= 11 is 0. The van der Waals surface area contributed by atoms with Gasteiger partial charge < -0.3 is 5.32 Å². The van der Waals surface area contributed by atoms with E-state index in [-0.39, 0.29) is 18.1 Å². The molecule has 0 saturated heterocycles. The Morgan fingerprint density at radius 2 is 1.68 bits per heavy atom. The fourth-order valence-electron chi connectivity index (χ4n) is 3.77. The fourth-order valence-corrected chi connectivity index (χ4v) is 3.77. The third-order valence-electron chi connectivity index (χ3n) is 5.18. The molecule has 1 heterocycles. The molecular formula is C21H19F2N3O2. The van der Waals surface area contributed by atoms with Crippen molar-refractivity contribution in [2.24, 2.45) is 0 Å². The molecule has 2 aromatic carbocycles. The minimum Gasteiger partial charge on any atom is -0.346 e. The minimum atomic E-state index is -0.925. The highest BCUT2D eigenvalue weighted by molar-refractivity contribution is 5.95. The van der Waals surface area contributed by atoms with Crippen LogP contribution in [0.3, 0.4) is 0 Å². The van der Waals surface area contributed by atoms with E-state index in [1.54, 1.807) is 24.3 Å². The van der Waals surface area contributed by atoms with Crippen LogP contribution >= 0.6 is 0 Å². The highest BCUT2D eigenvalue weighted by atomic mass is 19.1. The molecule has 1 N–H and O–H groups in total. The Morgan fingerprint density at radius 1 is 1.04 bits per heavy atom. The molecule has 0 atom stereocenters. The number of aromatic nitrogens is 2. The van der Waals surface area contributed by atoms with Crippen LogP contribution in [0.5, 0.6) is 0 Å². The molecule has 1 saturated carbocycles. The van der Waals surface area contributed by atoms with Crippen molar-refractivity contribution in [1.29, 1.82) is 0 Å². The maximum Gasteiger partial charge on any atom is 0.274 e. The van der Waals surface area contributed by atoms with Crippen LogP contribution in [0.15, 0.2) is 47.3 Å². The zero-order chi connectivity index (χ0) is 19.7. The molecule has 7 heteroatoms. The lowest BCUT2D eigenvalue weighted by molar-refractivity contribution is 0.0942. The van der Waals surface area contributed by atoms with E-state index in [1.807, 2.05) is 0 Å². The van der Waals surface area contributed by atoms with Crippen molar-refractivity contribution >= 4 is 16.7 Å². The van der Waals surface area contributed by atoms with Crippen molar-refractivity contribution in [2.75, 3.05) is 0 Å². The zero-order valence-corrected chi connectivity index (χ0v) is 15.1. The molecule has 1 fully saturated rings. The summed E-state index contributed by atoms with van der Waals surface area (Å²) in [6, 6.07) is 10.4. The van der Waals surface area contributed by atoms with E-state index >= 15 is 0 Å². The van der Waals surface area contributed by atoms with Crippen LogP contribution in [0.25, 0.3) is 10.8 Å². The molecule has 0 aliphatic heterocycles. The van der Waals surface area contributed by atoms with Crippen LogP contribution in [-0.2, 0) is 6.54 Å². The van der Waals surface area contributed by atoms with E-state index in [0.29, 0.717) is 16.5 Å². The van der Waals surface area contributed by atoms with E-state index in [1.165, 1.54) is 10.7 Å². The smallest absolute Gasteiger partial charge is 0.274 e. The molecular weight excluding hydrogens is 364 g/mol. The molecule has 0 bridgehead atoms. The van der Waals surface area contributed by atoms with Gasteiger partial charge in [0.1, 0.15) is 17.2 Å². The summed E-state index contributed by atoms with van der Waals surface area (Å²) in [6.07, 6.45) is 3.86. The van der Waals surface area contributed by atoms with Crippen LogP contribution in [-0.4, -0.2) is 15.7 Å². The molecule has 5 nitrogen and oxygen atoms in total. The number of carbonyl (C=O) groups is 1. The van der Waals surface area contributed by atoms with Crippen molar-refractivity contribution in [1.82, 2.24) is 15.1 Å². The first kappa shape index (κ1) is 18.3. The maximum absolute atomic E-state index is 13.8. The van der Waals surface area contributed by atoms with Gasteiger partial charge in [0.2, 0.25) is 0 Å². The number of carbonyl (C=O) groups excluding carboxylic acids is 1. The number of nitrogens with one attached hydrogen (secondary N) is 1. The van der Waals surface area contributed by atoms with Gasteiger partial charge in [-0.15, -0.1) is 0 Å². The van der Waals surface area contributed by atoms with E-state index in [4.69, 9.17) is 0 Å².